The highest BCUT2D eigenvalue weighted by atomic mass is 19.4. The summed E-state index contributed by atoms with van der Waals surface area (Å²) in [7, 11) is 0. The Morgan fingerprint density at radius 1 is 1.50 bits per heavy atom. The van der Waals surface area contributed by atoms with Gasteiger partial charge in [0.1, 0.15) is 5.69 Å². The molecule has 1 aromatic carbocycles. The number of rotatable bonds is 4. The quantitative estimate of drug-likeness (QED) is 0.645. The van der Waals surface area contributed by atoms with Crippen molar-refractivity contribution >= 4 is 11.4 Å². The second-order valence-electron chi connectivity index (χ2n) is 6.01. The summed E-state index contributed by atoms with van der Waals surface area (Å²) >= 11 is 0. The Balaban J connectivity index is 2.12. The Morgan fingerprint density at radius 3 is 2.79 bits per heavy atom. The molecule has 1 aromatic rings. The zero-order valence-electron chi connectivity index (χ0n) is 12.6. The molecular weight excluding hydrogens is 327 g/mol. The average molecular weight is 343 g/mol. The minimum absolute atomic E-state index is 0.0250. The fraction of sp³-hybridized carbons (Fsp3) is 0.533. The molecule has 0 aromatic heterocycles. The van der Waals surface area contributed by atoms with Crippen molar-refractivity contribution in [2.45, 2.75) is 37.5 Å². The molecule has 0 spiro atoms. The van der Waals surface area contributed by atoms with Crippen LogP contribution in [0.3, 0.4) is 0 Å². The minimum atomic E-state index is -4.37. The number of nitriles is 1. The van der Waals surface area contributed by atoms with Gasteiger partial charge < -0.3 is 10.4 Å². The number of aliphatic hydroxyl groups is 1. The highest BCUT2D eigenvalue weighted by molar-refractivity contribution is 5.64. The number of halogens is 3. The first kappa shape index (κ1) is 18.0. The van der Waals surface area contributed by atoms with E-state index >= 15 is 0 Å². The Kier molecular flexibility index (Phi) is 4.99. The smallest absolute Gasteiger partial charge is 0.388 e. The van der Waals surface area contributed by atoms with E-state index in [1.165, 1.54) is 12.1 Å². The van der Waals surface area contributed by atoms with Crippen LogP contribution in [0.5, 0.6) is 0 Å². The van der Waals surface area contributed by atoms with Crippen molar-refractivity contribution in [3.63, 3.8) is 0 Å². The molecule has 130 valence electrons. The fourth-order valence-corrected chi connectivity index (χ4v) is 2.94. The van der Waals surface area contributed by atoms with Crippen LogP contribution in [0.15, 0.2) is 18.2 Å². The lowest BCUT2D eigenvalue weighted by Crippen LogP contribution is -2.45. The van der Waals surface area contributed by atoms with E-state index in [-0.39, 0.29) is 42.7 Å². The summed E-state index contributed by atoms with van der Waals surface area (Å²) in [5, 5.41) is 32.9. The summed E-state index contributed by atoms with van der Waals surface area (Å²) in [5.41, 5.74) is -1.79. The molecule has 0 radical (unpaired) electrons. The fourth-order valence-electron chi connectivity index (χ4n) is 2.94. The van der Waals surface area contributed by atoms with E-state index in [1.54, 1.807) is 6.07 Å². The molecule has 0 aliphatic heterocycles. The maximum Gasteiger partial charge on any atom is 0.391 e. The van der Waals surface area contributed by atoms with E-state index in [1.807, 2.05) is 0 Å². The van der Waals surface area contributed by atoms with Crippen LogP contribution in [-0.2, 0) is 0 Å². The molecule has 6 nitrogen and oxygen atoms in total. The van der Waals surface area contributed by atoms with E-state index in [4.69, 9.17) is 5.26 Å². The Morgan fingerprint density at radius 2 is 2.21 bits per heavy atom. The SMILES string of the molecule is N#Cc1ccc(NCC2(O)CCCC(C(F)(F)F)C2)c([N+](=O)[O-])c1. The van der Waals surface area contributed by atoms with Crippen LogP contribution in [0.4, 0.5) is 24.5 Å². The van der Waals surface area contributed by atoms with Gasteiger partial charge in [0.25, 0.3) is 5.69 Å². The number of nitro groups is 1. The highest BCUT2D eigenvalue weighted by Crippen LogP contribution is 2.42. The first-order valence-corrected chi connectivity index (χ1v) is 7.36. The normalized spacial score (nSPS) is 24.2. The van der Waals surface area contributed by atoms with Crippen molar-refractivity contribution in [1.82, 2.24) is 0 Å². The molecule has 2 rings (SSSR count). The molecular formula is C15H16F3N3O3. The van der Waals surface area contributed by atoms with Gasteiger partial charge in [0.2, 0.25) is 0 Å². The number of benzene rings is 1. The van der Waals surface area contributed by atoms with Gasteiger partial charge in [0, 0.05) is 12.6 Å². The first-order chi connectivity index (χ1) is 11.1. The number of alkyl halides is 3. The van der Waals surface area contributed by atoms with Crippen molar-refractivity contribution in [2.24, 2.45) is 5.92 Å². The van der Waals surface area contributed by atoms with Crippen LogP contribution in [0.1, 0.15) is 31.2 Å². The van der Waals surface area contributed by atoms with Gasteiger partial charge in [0.15, 0.2) is 0 Å². The van der Waals surface area contributed by atoms with Crippen LogP contribution in [0.2, 0.25) is 0 Å². The van der Waals surface area contributed by atoms with Gasteiger partial charge in [-0.25, -0.2) is 0 Å². The van der Waals surface area contributed by atoms with Gasteiger partial charge in [-0.2, -0.15) is 18.4 Å². The van der Waals surface area contributed by atoms with Crippen molar-refractivity contribution in [3.05, 3.63) is 33.9 Å². The largest absolute Gasteiger partial charge is 0.391 e. The number of hydrogen-bond donors (Lipinski definition) is 2. The minimum Gasteiger partial charge on any atom is -0.388 e. The molecule has 9 heteroatoms. The molecule has 2 N–H and O–H groups in total. The third-order valence-corrected chi connectivity index (χ3v) is 4.22. The van der Waals surface area contributed by atoms with Crippen LogP contribution in [-0.4, -0.2) is 28.4 Å². The van der Waals surface area contributed by atoms with E-state index in [9.17, 15) is 28.4 Å². The molecule has 1 fully saturated rings. The number of nitro benzene ring substituents is 1. The topological polar surface area (TPSA) is 99.2 Å². The van der Waals surface area contributed by atoms with E-state index in [2.05, 4.69) is 5.32 Å². The standard InChI is InChI=1S/C15H16F3N3O3/c16-15(17,18)11-2-1-5-14(22,7-11)9-20-12-4-3-10(8-19)6-13(12)21(23)24/h3-4,6,11,20,22H,1-2,5,7,9H2. The molecule has 0 heterocycles. The third-order valence-electron chi connectivity index (χ3n) is 4.22. The maximum absolute atomic E-state index is 12.8. The third kappa shape index (κ3) is 4.14. The van der Waals surface area contributed by atoms with E-state index in [0.29, 0.717) is 0 Å². The Hall–Kier alpha value is -2.34. The molecule has 0 bridgehead atoms. The van der Waals surface area contributed by atoms with Crippen LogP contribution < -0.4 is 5.32 Å². The molecule has 2 unspecified atom stereocenters. The molecule has 1 aliphatic rings. The Bertz CT molecular complexity index is 672. The van der Waals surface area contributed by atoms with Gasteiger partial charge in [-0.05, 0) is 37.8 Å². The van der Waals surface area contributed by atoms with Gasteiger partial charge in [-0.3, -0.25) is 10.1 Å². The van der Waals surface area contributed by atoms with Gasteiger partial charge in [0.05, 0.1) is 28.1 Å². The number of nitrogens with zero attached hydrogens (tertiary/aromatic N) is 2. The summed E-state index contributed by atoms with van der Waals surface area (Å²) in [5.74, 6) is -1.57. The van der Waals surface area contributed by atoms with E-state index in [0.717, 1.165) is 6.07 Å². The summed E-state index contributed by atoms with van der Waals surface area (Å²) in [6.45, 7) is -0.230. The lowest BCUT2D eigenvalue weighted by atomic mass is 9.77. The number of hydrogen-bond acceptors (Lipinski definition) is 5. The first-order valence-electron chi connectivity index (χ1n) is 7.36. The van der Waals surface area contributed by atoms with Crippen molar-refractivity contribution in [3.8, 4) is 6.07 Å². The second kappa shape index (κ2) is 6.65. The summed E-state index contributed by atoms with van der Waals surface area (Å²) in [4.78, 5) is 10.4. The molecule has 24 heavy (non-hydrogen) atoms. The second-order valence-corrected chi connectivity index (χ2v) is 6.01. The molecule has 0 saturated heterocycles. The molecule has 2 atom stereocenters. The monoisotopic (exact) mass is 343 g/mol. The molecule has 1 saturated carbocycles. The van der Waals surface area contributed by atoms with Crippen molar-refractivity contribution < 1.29 is 23.2 Å². The van der Waals surface area contributed by atoms with Crippen molar-refractivity contribution in [2.75, 3.05) is 11.9 Å². The van der Waals surface area contributed by atoms with Crippen LogP contribution in [0, 0.1) is 27.4 Å². The predicted molar refractivity (Wildman–Crippen MR) is 79.3 cm³/mol. The van der Waals surface area contributed by atoms with Gasteiger partial charge in [-0.15, -0.1) is 0 Å². The highest BCUT2D eigenvalue weighted by Gasteiger charge is 2.46. The summed E-state index contributed by atoms with van der Waals surface area (Å²) in [6.07, 6.45) is -4.40. The van der Waals surface area contributed by atoms with Crippen molar-refractivity contribution in [1.29, 1.82) is 5.26 Å². The molecule has 0 amide bonds. The molecule has 1 aliphatic carbocycles. The predicted octanol–water partition coefficient (Wildman–Crippen LogP) is 3.36. The maximum atomic E-state index is 12.8. The average Bonchev–Trinajstić information content (AvgIpc) is 2.52. The number of anilines is 1. The van der Waals surface area contributed by atoms with E-state index < -0.39 is 29.0 Å². The van der Waals surface area contributed by atoms with Gasteiger partial charge in [-0.1, -0.05) is 0 Å². The van der Waals surface area contributed by atoms with Gasteiger partial charge >= 0.3 is 6.18 Å². The Labute approximate surface area is 136 Å². The summed E-state index contributed by atoms with van der Waals surface area (Å²) in [6, 6.07) is 5.52. The number of nitrogens with one attached hydrogen (secondary N) is 1. The van der Waals surface area contributed by atoms with Crippen LogP contribution in [0.25, 0.3) is 0 Å². The lowest BCUT2D eigenvalue weighted by molar-refractivity contribution is -0.384. The lowest BCUT2D eigenvalue weighted by Gasteiger charge is -2.37. The zero-order chi connectivity index (χ0) is 18.0. The zero-order valence-corrected chi connectivity index (χ0v) is 12.6. The van der Waals surface area contributed by atoms with Crippen LogP contribution >= 0.6 is 0 Å². The summed E-state index contributed by atoms with van der Waals surface area (Å²) < 4.78 is 38.5.